The lowest BCUT2D eigenvalue weighted by molar-refractivity contribution is -0.139. The monoisotopic (exact) mass is 667 g/mol. The van der Waals surface area contributed by atoms with Gasteiger partial charge in [-0.2, -0.15) is 0 Å². The van der Waals surface area contributed by atoms with Crippen molar-refractivity contribution in [3.8, 4) is 5.75 Å². The maximum atomic E-state index is 14.2. The molecule has 4 aromatic carbocycles. The highest BCUT2D eigenvalue weighted by molar-refractivity contribution is 9.10. The van der Waals surface area contributed by atoms with Crippen molar-refractivity contribution in [3.63, 3.8) is 0 Å². The first-order valence-corrected chi connectivity index (χ1v) is 15.6. The highest BCUT2D eigenvalue weighted by Crippen LogP contribution is 2.27. The molecule has 1 N–H and O–H groups in total. The summed E-state index contributed by atoms with van der Waals surface area (Å²) in [6, 6.07) is 26.2. The summed E-state index contributed by atoms with van der Waals surface area (Å²) in [6.45, 7) is -0.602. The van der Waals surface area contributed by atoms with Gasteiger partial charge in [0, 0.05) is 24.5 Å². The predicted molar refractivity (Wildman–Crippen MR) is 167 cm³/mol. The summed E-state index contributed by atoms with van der Waals surface area (Å²) in [4.78, 5) is 28.8. The van der Waals surface area contributed by atoms with Crippen LogP contribution in [0, 0.1) is 5.82 Å². The SMILES string of the molecule is CNC(=O)C(Cc1ccccc1)N(Cc1ccc(Br)cc1)C(=O)CN(c1ccc(F)cc1)S(=O)(=O)c1ccc(OC)cc1. The van der Waals surface area contributed by atoms with Crippen molar-refractivity contribution in [1.29, 1.82) is 0 Å². The maximum absolute atomic E-state index is 14.2. The third-order valence-corrected chi connectivity index (χ3v) is 9.14. The van der Waals surface area contributed by atoms with Gasteiger partial charge in [0.1, 0.15) is 24.2 Å². The van der Waals surface area contributed by atoms with Gasteiger partial charge in [0.15, 0.2) is 0 Å². The standard InChI is InChI=1S/C32H31BrFN3O5S/c1-35-32(39)30(20-23-6-4-3-5-7-23)36(21-24-8-10-25(33)11-9-24)31(38)22-37(27-14-12-26(34)13-15-27)43(40,41)29-18-16-28(42-2)17-19-29/h3-19,30H,20-22H2,1-2H3,(H,35,39). The molecule has 2 amide bonds. The third kappa shape index (κ3) is 7.99. The van der Waals surface area contributed by atoms with Crippen LogP contribution in [0.15, 0.2) is 112 Å². The Labute approximate surface area is 259 Å². The van der Waals surface area contributed by atoms with E-state index in [2.05, 4.69) is 21.2 Å². The fraction of sp³-hybridized carbons (Fsp3) is 0.188. The lowest BCUT2D eigenvalue weighted by Gasteiger charge is -2.33. The molecule has 0 radical (unpaired) electrons. The number of amides is 2. The summed E-state index contributed by atoms with van der Waals surface area (Å²) >= 11 is 3.41. The molecule has 0 saturated heterocycles. The second-order valence-corrected chi connectivity index (χ2v) is 12.4. The van der Waals surface area contributed by atoms with Gasteiger partial charge >= 0.3 is 0 Å². The highest BCUT2D eigenvalue weighted by Gasteiger charge is 2.34. The van der Waals surface area contributed by atoms with Crippen molar-refractivity contribution in [2.75, 3.05) is 25.0 Å². The molecule has 0 aliphatic heterocycles. The van der Waals surface area contributed by atoms with Gasteiger partial charge in [0.2, 0.25) is 11.8 Å². The number of sulfonamides is 1. The van der Waals surface area contributed by atoms with Crippen molar-refractivity contribution < 1.29 is 27.1 Å². The zero-order valence-corrected chi connectivity index (χ0v) is 26.0. The minimum absolute atomic E-state index is 0.0386. The van der Waals surface area contributed by atoms with Crippen molar-refractivity contribution in [2.24, 2.45) is 0 Å². The quantitative estimate of drug-likeness (QED) is 0.225. The smallest absolute Gasteiger partial charge is 0.264 e. The van der Waals surface area contributed by atoms with Gasteiger partial charge in [-0.1, -0.05) is 58.4 Å². The molecule has 0 saturated carbocycles. The predicted octanol–water partition coefficient (Wildman–Crippen LogP) is 5.18. The first-order chi connectivity index (χ1) is 20.6. The lowest BCUT2D eigenvalue weighted by atomic mass is 10.0. The summed E-state index contributed by atoms with van der Waals surface area (Å²) in [6.07, 6.45) is 0.199. The van der Waals surface area contributed by atoms with E-state index in [1.54, 1.807) is 0 Å². The summed E-state index contributed by atoms with van der Waals surface area (Å²) in [5.74, 6) is -1.12. The van der Waals surface area contributed by atoms with Gasteiger partial charge in [-0.25, -0.2) is 12.8 Å². The van der Waals surface area contributed by atoms with Crippen LogP contribution in [0.25, 0.3) is 0 Å². The van der Waals surface area contributed by atoms with E-state index in [4.69, 9.17) is 4.74 Å². The number of anilines is 1. The number of carbonyl (C=O) groups is 2. The second kappa shape index (κ2) is 14.3. The summed E-state index contributed by atoms with van der Waals surface area (Å²) in [7, 11) is -1.36. The Balaban J connectivity index is 1.77. The average Bonchev–Trinajstić information content (AvgIpc) is 3.03. The van der Waals surface area contributed by atoms with Gasteiger partial charge in [-0.3, -0.25) is 13.9 Å². The van der Waals surface area contributed by atoms with Crippen molar-refractivity contribution in [1.82, 2.24) is 10.2 Å². The van der Waals surface area contributed by atoms with Crippen molar-refractivity contribution in [3.05, 3.63) is 125 Å². The number of nitrogens with zero attached hydrogens (tertiary/aromatic N) is 2. The molecule has 4 rings (SSSR count). The number of benzene rings is 4. The van der Waals surface area contributed by atoms with Crippen LogP contribution >= 0.6 is 15.9 Å². The molecule has 0 aromatic heterocycles. The second-order valence-electron chi connectivity index (χ2n) is 9.63. The molecule has 4 aromatic rings. The molecule has 0 fully saturated rings. The number of halogens is 2. The molecule has 0 bridgehead atoms. The van der Waals surface area contributed by atoms with E-state index in [0.29, 0.717) is 5.75 Å². The number of rotatable bonds is 12. The van der Waals surface area contributed by atoms with Crippen molar-refractivity contribution in [2.45, 2.75) is 23.9 Å². The van der Waals surface area contributed by atoms with Crippen LogP contribution in [0.3, 0.4) is 0 Å². The first kappa shape index (κ1) is 31.7. The normalized spacial score (nSPS) is 11.8. The number of carbonyl (C=O) groups excluding carboxylic acids is 2. The molecule has 1 unspecified atom stereocenters. The van der Waals surface area contributed by atoms with Crippen LogP contribution < -0.4 is 14.4 Å². The Morgan fingerprint density at radius 3 is 2.09 bits per heavy atom. The van der Waals surface area contributed by atoms with E-state index in [1.807, 2.05) is 54.6 Å². The number of ether oxygens (including phenoxy) is 1. The van der Waals surface area contributed by atoms with Gasteiger partial charge in [-0.15, -0.1) is 0 Å². The van der Waals surface area contributed by atoms with E-state index in [9.17, 15) is 22.4 Å². The van der Waals surface area contributed by atoms with Gasteiger partial charge in [0.25, 0.3) is 10.0 Å². The Hall–Kier alpha value is -4.22. The number of hydrogen-bond donors (Lipinski definition) is 1. The molecular formula is C32H31BrFN3O5S. The largest absolute Gasteiger partial charge is 0.497 e. The minimum atomic E-state index is -4.31. The van der Waals surface area contributed by atoms with Gasteiger partial charge in [-0.05, 0) is 71.8 Å². The third-order valence-electron chi connectivity index (χ3n) is 6.82. The Morgan fingerprint density at radius 2 is 1.51 bits per heavy atom. The average molecular weight is 669 g/mol. The molecule has 224 valence electrons. The molecule has 43 heavy (non-hydrogen) atoms. The van der Waals surface area contributed by atoms with Crippen LogP contribution in [-0.4, -0.2) is 51.9 Å². The van der Waals surface area contributed by atoms with Crippen LogP contribution in [-0.2, 0) is 32.6 Å². The van der Waals surface area contributed by atoms with Crippen LogP contribution in [0.1, 0.15) is 11.1 Å². The molecule has 0 aliphatic carbocycles. The van der Waals surface area contributed by atoms with Crippen LogP contribution in [0.2, 0.25) is 0 Å². The van der Waals surface area contributed by atoms with Crippen molar-refractivity contribution >= 4 is 43.5 Å². The number of nitrogens with one attached hydrogen (secondary N) is 1. The molecule has 11 heteroatoms. The van der Waals surface area contributed by atoms with E-state index in [0.717, 1.165) is 32.0 Å². The van der Waals surface area contributed by atoms with E-state index in [1.165, 1.54) is 55.5 Å². The molecule has 0 heterocycles. The van der Waals surface area contributed by atoms with E-state index >= 15 is 0 Å². The molecule has 8 nitrogen and oxygen atoms in total. The van der Waals surface area contributed by atoms with Crippen LogP contribution in [0.5, 0.6) is 5.75 Å². The zero-order valence-electron chi connectivity index (χ0n) is 23.6. The number of methoxy groups -OCH3 is 1. The summed E-state index contributed by atoms with van der Waals surface area (Å²) in [5.41, 5.74) is 1.66. The minimum Gasteiger partial charge on any atom is -0.497 e. The zero-order chi connectivity index (χ0) is 31.0. The fourth-order valence-electron chi connectivity index (χ4n) is 4.52. The lowest BCUT2D eigenvalue weighted by Crippen LogP contribution is -2.53. The molecular weight excluding hydrogens is 637 g/mol. The Morgan fingerprint density at radius 1 is 0.884 bits per heavy atom. The Bertz CT molecular complexity index is 1640. The number of hydrogen-bond acceptors (Lipinski definition) is 5. The highest BCUT2D eigenvalue weighted by atomic mass is 79.9. The number of likely N-dealkylation sites (N-methyl/N-ethyl adjacent to an activating group) is 1. The van der Waals surface area contributed by atoms with Gasteiger partial charge < -0.3 is 15.0 Å². The topological polar surface area (TPSA) is 96.0 Å². The van der Waals surface area contributed by atoms with E-state index in [-0.39, 0.29) is 23.5 Å². The van der Waals surface area contributed by atoms with E-state index < -0.39 is 40.2 Å². The summed E-state index contributed by atoms with van der Waals surface area (Å²) in [5, 5.41) is 2.65. The molecule has 0 aliphatic rings. The molecule has 1 atom stereocenters. The summed E-state index contributed by atoms with van der Waals surface area (Å²) < 4.78 is 48.7. The maximum Gasteiger partial charge on any atom is 0.264 e. The Kier molecular flexibility index (Phi) is 10.5. The van der Waals surface area contributed by atoms with Crippen LogP contribution in [0.4, 0.5) is 10.1 Å². The van der Waals surface area contributed by atoms with Gasteiger partial charge in [0.05, 0.1) is 17.7 Å². The molecule has 0 spiro atoms. The fourth-order valence-corrected chi connectivity index (χ4v) is 6.20. The first-order valence-electron chi connectivity index (χ1n) is 13.3.